The molecule has 2 rings (SSSR count). The molecule has 0 spiro atoms. The number of nitrogens with zero attached hydrogens (tertiary/aromatic N) is 5. The summed E-state index contributed by atoms with van der Waals surface area (Å²) in [5.41, 5.74) is 0.769. The van der Waals surface area contributed by atoms with Gasteiger partial charge in [0.2, 0.25) is 11.2 Å². The third kappa shape index (κ3) is 4.29. The second-order valence-corrected chi connectivity index (χ2v) is 4.28. The SMILES string of the molecule is CC(C)Oc1nc(Cl)nc(NCc2cccnn2)n1. The average Bonchev–Trinajstić information content (AvgIpc) is 2.36. The Kier molecular flexibility index (Phi) is 4.40. The molecule has 0 aliphatic rings. The third-order valence-corrected chi connectivity index (χ3v) is 2.15. The van der Waals surface area contributed by atoms with Crippen LogP contribution in [0.5, 0.6) is 6.01 Å². The molecule has 0 saturated carbocycles. The largest absolute Gasteiger partial charge is 0.461 e. The number of anilines is 1. The summed E-state index contributed by atoms with van der Waals surface area (Å²) in [6.45, 7) is 4.20. The van der Waals surface area contributed by atoms with Gasteiger partial charge in [0.15, 0.2) is 0 Å². The lowest BCUT2D eigenvalue weighted by atomic mass is 10.4. The van der Waals surface area contributed by atoms with Crippen LogP contribution in [0.25, 0.3) is 0 Å². The highest BCUT2D eigenvalue weighted by atomic mass is 35.5. The van der Waals surface area contributed by atoms with Crippen molar-refractivity contribution in [3.8, 4) is 6.01 Å². The lowest BCUT2D eigenvalue weighted by Gasteiger charge is -2.09. The molecule has 2 heterocycles. The van der Waals surface area contributed by atoms with Gasteiger partial charge in [-0.1, -0.05) is 0 Å². The molecule has 0 unspecified atom stereocenters. The van der Waals surface area contributed by atoms with Crippen LogP contribution in [0.2, 0.25) is 5.28 Å². The van der Waals surface area contributed by atoms with E-state index in [1.807, 2.05) is 19.9 Å². The van der Waals surface area contributed by atoms with E-state index in [-0.39, 0.29) is 17.4 Å². The van der Waals surface area contributed by atoms with Crippen molar-refractivity contribution < 1.29 is 4.74 Å². The number of hydrogen-bond acceptors (Lipinski definition) is 7. The molecular weight excluding hydrogens is 268 g/mol. The van der Waals surface area contributed by atoms with Crippen molar-refractivity contribution in [2.75, 3.05) is 5.32 Å². The Morgan fingerprint density at radius 3 is 2.84 bits per heavy atom. The van der Waals surface area contributed by atoms with Crippen LogP contribution in [0.1, 0.15) is 19.5 Å². The van der Waals surface area contributed by atoms with Gasteiger partial charge in [0.25, 0.3) is 0 Å². The van der Waals surface area contributed by atoms with E-state index in [1.165, 1.54) is 0 Å². The van der Waals surface area contributed by atoms with Gasteiger partial charge < -0.3 is 10.1 Å². The normalized spacial score (nSPS) is 10.5. The fourth-order valence-corrected chi connectivity index (χ4v) is 1.42. The summed E-state index contributed by atoms with van der Waals surface area (Å²) in [5, 5.41) is 10.8. The van der Waals surface area contributed by atoms with Gasteiger partial charge in [0.05, 0.1) is 18.3 Å². The number of aromatic nitrogens is 5. The van der Waals surface area contributed by atoms with E-state index >= 15 is 0 Å². The van der Waals surface area contributed by atoms with Crippen LogP contribution in [0.3, 0.4) is 0 Å². The van der Waals surface area contributed by atoms with E-state index in [9.17, 15) is 0 Å². The average molecular weight is 281 g/mol. The molecule has 0 amide bonds. The van der Waals surface area contributed by atoms with E-state index in [0.29, 0.717) is 12.5 Å². The Balaban J connectivity index is 2.05. The first-order chi connectivity index (χ1) is 9.13. The standard InChI is InChI=1S/C11H13ClN6O/c1-7(2)19-11-16-9(12)15-10(17-11)13-6-8-4-3-5-14-18-8/h3-5,7H,6H2,1-2H3,(H,13,15,16,17). The van der Waals surface area contributed by atoms with E-state index in [2.05, 4.69) is 30.5 Å². The Morgan fingerprint density at radius 1 is 1.32 bits per heavy atom. The molecule has 0 aliphatic heterocycles. The first-order valence-corrected chi connectivity index (χ1v) is 6.10. The second-order valence-electron chi connectivity index (χ2n) is 3.95. The molecule has 0 bridgehead atoms. The third-order valence-electron chi connectivity index (χ3n) is 1.98. The molecule has 100 valence electrons. The topological polar surface area (TPSA) is 85.7 Å². The first kappa shape index (κ1) is 13.4. The maximum absolute atomic E-state index is 5.81. The fourth-order valence-electron chi connectivity index (χ4n) is 1.27. The molecule has 0 aliphatic carbocycles. The van der Waals surface area contributed by atoms with Crippen LogP contribution < -0.4 is 10.1 Å². The van der Waals surface area contributed by atoms with Crippen LogP contribution in [0.4, 0.5) is 5.95 Å². The number of rotatable bonds is 5. The van der Waals surface area contributed by atoms with Crippen molar-refractivity contribution in [2.45, 2.75) is 26.5 Å². The highest BCUT2D eigenvalue weighted by Gasteiger charge is 2.07. The van der Waals surface area contributed by atoms with Crippen molar-refractivity contribution in [3.05, 3.63) is 29.3 Å². The van der Waals surface area contributed by atoms with Gasteiger partial charge >= 0.3 is 6.01 Å². The molecule has 0 atom stereocenters. The van der Waals surface area contributed by atoms with E-state index in [4.69, 9.17) is 16.3 Å². The summed E-state index contributed by atoms with van der Waals surface area (Å²) in [5.74, 6) is 0.335. The van der Waals surface area contributed by atoms with Crippen molar-refractivity contribution in [1.29, 1.82) is 0 Å². The van der Waals surface area contributed by atoms with Gasteiger partial charge in [-0.15, -0.1) is 0 Å². The molecule has 7 nitrogen and oxygen atoms in total. The Hall–Kier alpha value is -2.02. The summed E-state index contributed by atoms with van der Waals surface area (Å²) in [6, 6.07) is 3.84. The summed E-state index contributed by atoms with van der Waals surface area (Å²) in [7, 11) is 0. The van der Waals surface area contributed by atoms with Gasteiger partial charge in [-0.3, -0.25) is 0 Å². The predicted octanol–water partition coefficient (Wildman–Crippen LogP) is 1.71. The van der Waals surface area contributed by atoms with Gasteiger partial charge in [0, 0.05) is 6.20 Å². The predicted molar refractivity (Wildman–Crippen MR) is 70.0 cm³/mol. The minimum atomic E-state index is -0.0358. The quantitative estimate of drug-likeness (QED) is 0.892. The molecule has 0 fully saturated rings. The Morgan fingerprint density at radius 2 is 2.16 bits per heavy atom. The van der Waals surface area contributed by atoms with Gasteiger partial charge in [0.1, 0.15) is 0 Å². The van der Waals surface area contributed by atoms with Crippen LogP contribution in [0.15, 0.2) is 18.3 Å². The first-order valence-electron chi connectivity index (χ1n) is 5.72. The molecule has 2 aromatic heterocycles. The summed E-state index contributed by atoms with van der Waals surface area (Å²) >= 11 is 5.81. The van der Waals surface area contributed by atoms with Crippen molar-refractivity contribution in [3.63, 3.8) is 0 Å². The van der Waals surface area contributed by atoms with Crippen LogP contribution >= 0.6 is 11.6 Å². The molecular formula is C11H13ClN6O. The number of hydrogen-bond donors (Lipinski definition) is 1. The van der Waals surface area contributed by atoms with Crippen molar-refractivity contribution in [1.82, 2.24) is 25.1 Å². The molecule has 2 aromatic rings. The lowest BCUT2D eigenvalue weighted by Crippen LogP contribution is -2.12. The Labute approximate surface area is 115 Å². The van der Waals surface area contributed by atoms with Gasteiger partial charge in [-0.25, -0.2) is 0 Å². The minimum absolute atomic E-state index is 0.0358. The second kappa shape index (κ2) is 6.24. The zero-order valence-electron chi connectivity index (χ0n) is 10.5. The van der Waals surface area contributed by atoms with Gasteiger partial charge in [-0.2, -0.15) is 25.1 Å². The van der Waals surface area contributed by atoms with E-state index in [0.717, 1.165) is 5.69 Å². The van der Waals surface area contributed by atoms with Crippen LogP contribution in [-0.4, -0.2) is 31.3 Å². The Bertz CT molecular complexity index is 536. The summed E-state index contributed by atoms with van der Waals surface area (Å²) in [6.07, 6.45) is 1.57. The number of ether oxygens (including phenoxy) is 1. The summed E-state index contributed by atoms with van der Waals surface area (Å²) in [4.78, 5) is 11.9. The lowest BCUT2D eigenvalue weighted by molar-refractivity contribution is 0.222. The van der Waals surface area contributed by atoms with Crippen molar-refractivity contribution >= 4 is 17.5 Å². The summed E-state index contributed by atoms with van der Waals surface area (Å²) < 4.78 is 5.37. The zero-order valence-corrected chi connectivity index (χ0v) is 11.3. The zero-order chi connectivity index (χ0) is 13.7. The van der Waals surface area contributed by atoms with E-state index < -0.39 is 0 Å². The van der Waals surface area contributed by atoms with Gasteiger partial charge in [-0.05, 0) is 37.6 Å². The van der Waals surface area contributed by atoms with Crippen molar-refractivity contribution in [2.24, 2.45) is 0 Å². The maximum atomic E-state index is 5.81. The van der Waals surface area contributed by atoms with E-state index in [1.54, 1.807) is 12.3 Å². The monoisotopic (exact) mass is 280 g/mol. The highest BCUT2D eigenvalue weighted by molar-refractivity contribution is 6.28. The fraction of sp³-hybridized carbons (Fsp3) is 0.364. The minimum Gasteiger partial charge on any atom is -0.461 e. The molecule has 0 saturated heterocycles. The molecule has 1 N–H and O–H groups in total. The molecule has 8 heteroatoms. The highest BCUT2D eigenvalue weighted by Crippen LogP contribution is 2.13. The maximum Gasteiger partial charge on any atom is 0.322 e. The number of halogens is 1. The smallest absolute Gasteiger partial charge is 0.322 e. The van der Waals surface area contributed by atoms with Crippen LogP contribution in [-0.2, 0) is 6.54 Å². The number of nitrogens with one attached hydrogen (secondary N) is 1. The van der Waals surface area contributed by atoms with Crippen LogP contribution in [0, 0.1) is 0 Å². The molecule has 0 aromatic carbocycles. The molecule has 0 radical (unpaired) electrons. The molecule has 19 heavy (non-hydrogen) atoms.